The van der Waals surface area contributed by atoms with Crippen LogP contribution in [-0.2, 0) is 18.4 Å². The summed E-state index contributed by atoms with van der Waals surface area (Å²) in [6.45, 7) is 10.8. The molecule has 2 unspecified atom stereocenters. The van der Waals surface area contributed by atoms with Crippen molar-refractivity contribution >= 4 is 5.91 Å². The summed E-state index contributed by atoms with van der Waals surface area (Å²) in [7, 11) is 2.11. The first-order valence-electron chi connectivity index (χ1n) is 10.1. The Hall–Kier alpha value is -2.07. The van der Waals surface area contributed by atoms with Crippen molar-refractivity contribution in [2.24, 2.45) is 18.9 Å². The van der Waals surface area contributed by atoms with E-state index in [0.717, 1.165) is 32.7 Å². The highest BCUT2D eigenvalue weighted by Gasteiger charge is 2.35. The SMILES string of the molecule is CC(=O)N(CC(C)C)CC1CN(Cc2cccn2C)CC1c1ccccc1. The van der Waals surface area contributed by atoms with Crippen molar-refractivity contribution in [2.45, 2.75) is 33.2 Å². The van der Waals surface area contributed by atoms with Gasteiger partial charge in [0.25, 0.3) is 0 Å². The molecule has 1 fully saturated rings. The Morgan fingerprint density at radius 3 is 2.48 bits per heavy atom. The zero-order chi connectivity index (χ0) is 19.4. The van der Waals surface area contributed by atoms with Gasteiger partial charge in [-0.15, -0.1) is 0 Å². The van der Waals surface area contributed by atoms with E-state index in [-0.39, 0.29) is 5.91 Å². The first-order valence-corrected chi connectivity index (χ1v) is 10.1. The van der Waals surface area contributed by atoms with E-state index in [1.807, 2.05) is 0 Å². The lowest BCUT2D eigenvalue weighted by molar-refractivity contribution is -0.130. The van der Waals surface area contributed by atoms with Crippen molar-refractivity contribution in [2.75, 3.05) is 26.2 Å². The fourth-order valence-electron chi connectivity index (χ4n) is 4.30. The first-order chi connectivity index (χ1) is 12.9. The van der Waals surface area contributed by atoms with Crippen LogP contribution in [0.25, 0.3) is 0 Å². The molecule has 1 aromatic carbocycles. The van der Waals surface area contributed by atoms with E-state index in [2.05, 4.69) is 83.9 Å². The number of carbonyl (C=O) groups excluding carboxylic acids is 1. The van der Waals surface area contributed by atoms with Gasteiger partial charge < -0.3 is 9.47 Å². The highest BCUT2D eigenvalue weighted by atomic mass is 16.2. The third-order valence-corrected chi connectivity index (χ3v) is 5.67. The Kier molecular flexibility index (Phi) is 6.38. The Balaban J connectivity index is 1.77. The van der Waals surface area contributed by atoms with Crippen molar-refractivity contribution in [1.29, 1.82) is 0 Å². The second-order valence-corrected chi connectivity index (χ2v) is 8.40. The van der Waals surface area contributed by atoms with Crippen LogP contribution in [0.1, 0.15) is 37.9 Å². The normalized spacial score (nSPS) is 20.3. The molecule has 1 aliphatic rings. The number of amides is 1. The summed E-state index contributed by atoms with van der Waals surface area (Å²) in [4.78, 5) is 16.8. The summed E-state index contributed by atoms with van der Waals surface area (Å²) in [5.41, 5.74) is 2.73. The molecule has 0 radical (unpaired) electrons. The van der Waals surface area contributed by atoms with E-state index >= 15 is 0 Å². The Morgan fingerprint density at radius 2 is 1.89 bits per heavy atom. The summed E-state index contributed by atoms with van der Waals surface area (Å²) < 4.78 is 2.20. The summed E-state index contributed by atoms with van der Waals surface area (Å²) in [5.74, 6) is 1.62. The maximum Gasteiger partial charge on any atom is 0.219 e. The molecule has 0 N–H and O–H groups in total. The maximum absolute atomic E-state index is 12.2. The zero-order valence-corrected chi connectivity index (χ0v) is 17.1. The third kappa shape index (κ3) is 5.01. The van der Waals surface area contributed by atoms with Crippen LogP contribution in [0.4, 0.5) is 0 Å². The quantitative estimate of drug-likeness (QED) is 0.746. The fourth-order valence-corrected chi connectivity index (χ4v) is 4.30. The number of hydrogen-bond donors (Lipinski definition) is 0. The molecule has 4 heteroatoms. The number of carbonyl (C=O) groups is 1. The fraction of sp³-hybridized carbons (Fsp3) is 0.522. The minimum absolute atomic E-state index is 0.191. The van der Waals surface area contributed by atoms with Gasteiger partial charge in [0.15, 0.2) is 0 Å². The molecule has 1 amide bonds. The predicted octanol–water partition coefficient (Wildman–Crippen LogP) is 3.75. The van der Waals surface area contributed by atoms with E-state index in [4.69, 9.17) is 0 Å². The van der Waals surface area contributed by atoms with Gasteiger partial charge in [-0.05, 0) is 29.5 Å². The molecule has 0 saturated carbocycles. The minimum atomic E-state index is 0.191. The smallest absolute Gasteiger partial charge is 0.219 e. The second kappa shape index (κ2) is 8.75. The van der Waals surface area contributed by atoms with E-state index in [9.17, 15) is 4.79 Å². The van der Waals surface area contributed by atoms with E-state index in [0.29, 0.717) is 17.8 Å². The van der Waals surface area contributed by atoms with Crippen LogP contribution >= 0.6 is 0 Å². The van der Waals surface area contributed by atoms with Gasteiger partial charge in [0.05, 0.1) is 0 Å². The average Bonchev–Trinajstić information content (AvgIpc) is 3.21. The number of aromatic nitrogens is 1. The van der Waals surface area contributed by atoms with Crippen LogP contribution < -0.4 is 0 Å². The molecular formula is C23H33N3O. The van der Waals surface area contributed by atoms with E-state index in [1.165, 1.54) is 11.3 Å². The second-order valence-electron chi connectivity index (χ2n) is 8.40. The van der Waals surface area contributed by atoms with Crippen molar-refractivity contribution in [3.05, 3.63) is 59.9 Å². The van der Waals surface area contributed by atoms with Gasteiger partial charge in [-0.1, -0.05) is 44.2 Å². The lowest BCUT2D eigenvalue weighted by Crippen LogP contribution is -2.38. The summed E-state index contributed by atoms with van der Waals surface area (Å²) in [6.07, 6.45) is 2.11. The van der Waals surface area contributed by atoms with Crippen LogP contribution in [0, 0.1) is 11.8 Å². The molecule has 0 bridgehead atoms. The molecule has 1 saturated heterocycles. The number of hydrogen-bond acceptors (Lipinski definition) is 2. The number of nitrogens with zero attached hydrogens (tertiary/aromatic N) is 3. The van der Waals surface area contributed by atoms with Crippen LogP contribution in [0.5, 0.6) is 0 Å². The standard InChI is InChI=1S/C23H33N3O/c1-18(2)13-26(19(3)27)15-21-14-25(16-22-11-8-12-24(22)4)17-23(21)20-9-6-5-7-10-20/h5-12,18,21,23H,13-17H2,1-4H3. The molecule has 146 valence electrons. The van der Waals surface area contributed by atoms with Crippen LogP contribution in [0.3, 0.4) is 0 Å². The molecule has 1 aromatic heterocycles. The summed E-state index contributed by atoms with van der Waals surface area (Å²) >= 11 is 0. The van der Waals surface area contributed by atoms with Gasteiger partial charge in [-0.3, -0.25) is 9.69 Å². The number of aryl methyl sites for hydroxylation is 1. The molecular weight excluding hydrogens is 334 g/mol. The topological polar surface area (TPSA) is 28.5 Å². The van der Waals surface area contributed by atoms with E-state index < -0.39 is 0 Å². The van der Waals surface area contributed by atoms with Crippen LogP contribution in [0.2, 0.25) is 0 Å². The maximum atomic E-state index is 12.2. The van der Waals surface area contributed by atoms with Gasteiger partial charge >= 0.3 is 0 Å². The summed E-state index contributed by atoms with van der Waals surface area (Å²) in [6, 6.07) is 15.1. The number of rotatable bonds is 7. The average molecular weight is 368 g/mol. The lowest BCUT2D eigenvalue weighted by Gasteiger charge is -2.29. The zero-order valence-electron chi connectivity index (χ0n) is 17.1. The van der Waals surface area contributed by atoms with Gasteiger partial charge in [0.1, 0.15) is 0 Å². The molecule has 4 nitrogen and oxygen atoms in total. The molecule has 3 rings (SSSR count). The van der Waals surface area contributed by atoms with Crippen LogP contribution in [0.15, 0.2) is 48.7 Å². The summed E-state index contributed by atoms with van der Waals surface area (Å²) in [5, 5.41) is 0. The lowest BCUT2D eigenvalue weighted by atomic mass is 9.88. The number of benzene rings is 1. The Morgan fingerprint density at radius 1 is 1.15 bits per heavy atom. The molecule has 1 aliphatic heterocycles. The molecule has 2 atom stereocenters. The highest BCUT2D eigenvalue weighted by molar-refractivity contribution is 5.73. The molecule has 2 aromatic rings. The van der Waals surface area contributed by atoms with E-state index in [1.54, 1.807) is 6.92 Å². The van der Waals surface area contributed by atoms with Crippen molar-refractivity contribution < 1.29 is 4.79 Å². The molecule has 2 heterocycles. The predicted molar refractivity (Wildman–Crippen MR) is 110 cm³/mol. The Bertz CT molecular complexity index is 737. The third-order valence-electron chi connectivity index (χ3n) is 5.67. The minimum Gasteiger partial charge on any atom is -0.353 e. The molecule has 0 aliphatic carbocycles. The largest absolute Gasteiger partial charge is 0.353 e. The monoisotopic (exact) mass is 367 g/mol. The number of likely N-dealkylation sites (tertiary alicyclic amines) is 1. The van der Waals surface area contributed by atoms with Gasteiger partial charge in [0.2, 0.25) is 5.91 Å². The van der Waals surface area contributed by atoms with Gasteiger partial charge in [-0.25, -0.2) is 0 Å². The van der Waals surface area contributed by atoms with Gasteiger partial charge in [-0.2, -0.15) is 0 Å². The van der Waals surface area contributed by atoms with Crippen molar-refractivity contribution in [1.82, 2.24) is 14.4 Å². The van der Waals surface area contributed by atoms with Crippen LogP contribution in [-0.4, -0.2) is 46.5 Å². The highest BCUT2D eigenvalue weighted by Crippen LogP contribution is 2.34. The van der Waals surface area contributed by atoms with Gasteiger partial charge in [0, 0.05) is 64.5 Å². The van der Waals surface area contributed by atoms with Crippen molar-refractivity contribution in [3.8, 4) is 0 Å². The van der Waals surface area contributed by atoms with Crippen molar-refractivity contribution in [3.63, 3.8) is 0 Å². The first kappa shape index (κ1) is 19.7. The molecule has 27 heavy (non-hydrogen) atoms. The molecule has 0 spiro atoms. The Labute approximate surface area is 163 Å².